The number of hydrogen-bond donors (Lipinski definition) is 1. The van der Waals surface area contributed by atoms with Gasteiger partial charge in [0.2, 0.25) is 6.33 Å². The topological polar surface area (TPSA) is 158 Å². The third kappa shape index (κ3) is 5.78. The average Bonchev–Trinajstić information content (AvgIpc) is 2.39. The average molecular weight is 173 g/mol. The predicted octanol–water partition coefficient (Wildman–Crippen LogP) is -0.0735. The summed E-state index contributed by atoms with van der Waals surface area (Å²) in [6.07, 6.45) is 1.39. The SMILES string of the molecule is O=[N+]([O-])[O-].[N-]=[N+]=Nc1[nH]nc[nH+]1. The Hall–Kier alpha value is -2.35. The molecule has 0 bridgehead atoms. The highest BCUT2D eigenvalue weighted by molar-refractivity contribution is 4.97. The molecule has 0 fully saturated rings. The summed E-state index contributed by atoms with van der Waals surface area (Å²) in [5.41, 5.74) is 7.83. The largest absolute Gasteiger partial charge is 0.463 e. The second kappa shape index (κ2) is 5.44. The van der Waals surface area contributed by atoms with Crippen molar-refractivity contribution in [2.24, 2.45) is 5.11 Å². The first kappa shape index (κ1) is 9.65. The van der Waals surface area contributed by atoms with Gasteiger partial charge in [0.25, 0.3) is 5.11 Å². The molecule has 0 aliphatic carbocycles. The normalized spacial score (nSPS) is 7.33. The van der Waals surface area contributed by atoms with E-state index in [9.17, 15) is 0 Å². The van der Waals surface area contributed by atoms with Crippen LogP contribution in [-0.4, -0.2) is 15.3 Å². The third-order valence-corrected chi connectivity index (χ3v) is 0.581. The molecule has 0 atom stereocenters. The van der Waals surface area contributed by atoms with Crippen molar-refractivity contribution in [2.45, 2.75) is 0 Å². The first-order valence-electron chi connectivity index (χ1n) is 2.44. The van der Waals surface area contributed by atoms with E-state index in [0.29, 0.717) is 5.95 Å². The Morgan fingerprint density at radius 3 is 2.75 bits per heavy atom. The number of rotatable bonds is 1. The molecule has 0 spiro atoms. The molecular formula is C2H3N7O3. The van der Waals surface area contributed by atoms with Gasteiger partial charge in [0.15, 0.2) is 4.91 Å². The van der Waals surface area contributed by atoms with Crippen molar-refractivity contribution >= 4 is 5.95 Å². The van der Waals surface area contributed by atoms with Crippen LogP contribution < -0.4 is 4.98 Å². The summed E-state index contributed by atoms with van der Waals surface area (Å²) in [6, 6.07) is 0. The molecule has 64 valence electrons. The molecule has 12 heavy (non-hydrogen) atoms. The van der Waals surface area contributed by atoms with E-state index in [0.717, 1.165) is 0 Å². The predicted molar refractivity (Wildman–Crippen MR) is 34.3 cm³/mol. The van der Waals surface area contributed by atoms with Gasteiger partial charge in [-0.3, -0.25) is 0 Å². The fraction of sp³-hybridized carbons (Fsp3) is 0. The zero-order chi connectivity index (χ0) is 9.40. The van der Waals surface area contributed by atoms with Gasteiger partial charge < -0.3 is 15.3 Å². The minimum atomic E-state index is -1.75. The summed E-state index contributed by atoms with van der Waals surface area (Å²) < 4.78 is 0. The molecule has 0 radical (unpaired) electrons. The number of nitrogens with zero attached hydrogens (tertiary/aromatic N) is 5. The van der Waals surface area contributed by atoms with E-state index >= 15 is 0 Å². The molecule has 0 amide bonds. The van der Waals surface area contributed by atoms with Gasteiger partial charge in [0, 0.05) is 5.53 Å². The molecule has 0 aliphatic rings. The van der Waals surface area contributed by atoms with E-state index in [1.165, 1.54) is 6.33 Å². The number of H-pyrrole nitrogens is 2. The van der Waals surface area contributed by atoms with Crippen molar-refractivity contribution in [2.75, 3.05) is 0 Å². The molecule has 1 aromatic heterocycles. The quantitative estimate of drug-likeness (QED) is 0.207. The minimum Gasteiger partial charge on any atom is -0.356 e. The smallest absolute Gasteiger partial charge is 0.356 e. The van der Waals surface area contributed by atoms with Crippen LogP contribution in [0.15, 0.2) is 11.4 Å². The van der Waals surface area contributed by atoms with Crippen LogP contribution in [0, 0.1) is 15.3 Å². The van der Waals surface area contributed by atoms with E-state index < -0.39 is 5.09 Å². The number of hydrogen-bond acceptors (Lipinski definition) is 5. The fourth-order valence-electron chi connectivity index (χ4n) is 0.315. The number of aromatic amines is 2. The standard InChI is InChI=1S/C2H2N6.NO3/c3-8-7-2-4-1-5-6-2;2-1(3)4/h1H,(H,4,5,6);/q;-1/p+1. The van der Waals surface area contributed by atoms with Crippen LogP contribution in [0.1, 0.15) is 0 Å². The molecule has 0 unspecified atom stereocenters. The van der Waals surface area contributed by atoms with E-state index in [2.05, 4.69) is 25.2 Å². The first-order valence-corrected chi connectivity index (χ1v) is 2.44. The molecular weight excluding hydrogens is 170 g/mol. The highest BCUT2D eigenvalue weighted by Gasteiger charge is 2.02. The second-order valence-corrected chi connectivity index (χ2v) is 1.28. The molecule has 0 aliphatic heterocycles. The second-order valence-electron chi connectivity index (χ2n) is 1.28. The van der Waals surface area contributed by atoms with Crippen LogP contribution in [0.2, 0.25) is 0 Å². The van der Waals surface area contributed by atoms with Gasteiger partial charge in [-0.1, -0.05) is 0 Å². The Labute approximate surface area is 64.6 Å². The summed E-state index contributed by atoms with van der Waals surface area (Å²) in [5.74, 6) is 0.313. The van der Waals surface area contributed by atoms with E-state index in [-0.39, 0.29) is 0 Å². The molecule has 1 rings (SSSR count). The van der Waals surface area contributed by atoms with Crippen molar-refractivity contribution < 1.29 is 10.1 Å². The zero-order valence-electron chi connectivity index (χ0n) is 5.54. The highest BCUT2D eigenvalue weighted by Crippen LogP contribution is 1.90. The van der Waals surface area contributed by atoms with Crippen LogP contribution in [-0.2, 0) is 0 Å². The van der Waals surface area contributed by atoms with Crippen molar-refractivity contribution in [1.82, 2.24) is 10.2 Å². The molecule has 0 aromatic carbocycles. The van der Waals surface area contributed by atoms with E-state index in [1.807, 2.05) is 0 Å². The van der Waals surface area contributed by atoms with E-state index in [4.69, 9.17) is 20.9 Å². The maximum atomic E-state index is 8.25. The number of nitrogens with one attached hydrogen (secondary N) is 2. The monoisotopic (exact) mass is 173 g/mol. The van der Waals surface area contributed by atoms with Gasteiger partial charge in [0.1, 0.15) is 0 Å². The molecule has 0 saturated carbocycles. The summed E-state index contributed by atoms with van der Waals surface area (Å²) in [7, 11) is 0. The zero-order valence-corrected chi connectivity index (χ0v) is 5.54. The summed E-state index contributed by atoms with van der Waals surface area (Å²) in [4.78, 5) is 13.3. The third-order valence-electron chi connectivity index (χ3n) is 0.581. The van der Waals surface area contributed by atoms with Gasteiger partial charge >= 0.3 is 5.95 Å². The summed E-state index contributed by atoms with van der Waals surface area (Å²) in [5, 5.41) is 23.8. The van der Waals surface area contributed by atoms with Gasteiger partial charge in [-0.05, 0) is 5.10 Å². The van der Waals surface area contributed by atoms with Crippen LogP contribution >= 0.6 is 0 Å². The Morgan fingerprint density at radius 1 is 1.83 bits per heavy atom. The van der Waals surface area contributed by atoms with Crippen LogP contribution in [0.25, 0.3) is 10.4 Å². The van der Waals surface area contributed by atoms with Crippen molar-refractivity contribution in [1.29, 1.82) is 0 Å². The van der Waals surface area contributed by atoms with Crippen LogP contribution in [0.3, 0.4) is 0 Å². The lowest BCUT2D eigenvalue weighted by atomic mass is 11.1. The lowest BCUT2D eigenvalue weighted by Gasteiger charge is -1.74. The minimum absolute atomic E-state index is 0.313. The van der Waals surface area contributed by atoms with Crippen LogP contribution in [0.4, 0.5) is 5.95 Å². The van der Waals surface area contributed by atoms with Gasteiger partial charge in [-0.15, -0.1) is 5.10 Å². The highest BCUT2D eigenvalue weighted by atomic mass is 16.9. The van der Waals surface area contributed by atoms with E-state index in [1.54, 1.807) is 0 Å². The number of azide groups is 1. The molecule has 10 nitrogen and oxygen atoms in total. The number of aromatic nitrogens is 3. The van der Waals surface area contributed by atoms with Crippen molar-refractivity contribution in [3.63, 3.8) is 0 Å². The Morgan fingerprint density at radius 2 is 2.42 bits per heavy atom. The molecule has 2 N–H and O–H groups in total. The Bertz CT molecular complexity index is 269. The van der Waals surface area contributed by atoms with Gasteiger partial charge in [-0.25, -0.2) is 4.98 Å². The lowest BCUT2D eigenvalue weighted by Crippen LogP contribution is -1.92. The van der Waals surface area contributed by atoms with Gasteiger partial charge in [0.05, 0.1) is 5.09 Å². The lowest BCUT2D eigenvalue weighted by molar-refractivity contribution is -0.402. The first-order chi connectivity index (χ1) is 5.66. The van der Waals surface area contributed by atoms with Crippen molar-refractivity contribution in [3.8, 4) is 0 Å². The summed E-state index contributed by atoms with van der Waals surface area (Å²) in [6.45, 7) is 0. The van der Waals surface area contributed by atoms with Crippen molar-refractivity contribution in [3.05, 3.63) is 32.1 Å². The molecule has 1 aromatic rings. The maximum Gasteiger partial charge on any atom is 0.463 e. The molecule has 10 heteroatoms. The Kier molecular flexibility index (Phi) is 4.37. The Balaban J connectivity index is 0.000000261. The van der Waals surface area contributed by atoms with Gasteiger partial charge in [-0.2, -0.15) is 0 Å². The molecule has 0 saturated heterocycles. The van der Waals surface area contributed by atoms with Crippen LogP contribution in [0.5, 0.6) is 0 Å². The maximum absolute atomic E-state index is 8.25. The molecule has 1 heterocycles. The summed E-state index contributed by atoms with van der Waals surface area (Å²) >= 11 is 0. The fourth-order valence-corrected chi connectivity index (χ4v) is 0.315.